The van der Waals surface area contributed by atoms with Gasteiger partial charge in [-0.2, -0.15) is 0 Å². The summed E-state index contributed by atoms with van der Waals surface area (Å²) in [5.74, 6) is 1.57. The molecule has 0 spiro atoms. The maximum atomic E-state index is 11.3. The monoisotopic (exact) mass is 306 g/mol. The third kappa shape index (κ3) is 2.59. The number of rotatable bonds is 7. The molecular formula is C19H30O3. The van der Waals surface area contributed by atoms with Crippen molar-refractivity contribution in [3.8, 4) is 0 Å². The Labute approximate surface area is 134 Å². The SMILES string of the molecule is CCC1=C(CC)[C@H]2[C@@H]1[C@H](CC)C[C@@]2(CC)O/C=C\C(=O)OC. The Bertz CT molecular complexity index is 477. The zero-order chi connectivity index (χ0) is 16.3. The molecule has 0 saturated heterocycles. The van der Waals surface area contributed by atoms with Crippen LogP contribution in [0.4, 0.5) is 0 Å². The van der Waals surface area contributed by atoms with E-state index in [1.165, 1.54) is 26.0 Å². The van der Waals surface area contributed by atoms with Crippen LogP contribution in [0.25, 0.3) is 0 Å². The van der Waals surface area contributed by atoms with Gasteiger partial charge in [0.1, 0.15) is 5.60 Å². The van der Waals surface area contributed by atoms with E-state index in [2.05, 4.69) is 32.4 Å². The molecule has 2 aliphatic rings. The van der Waals surface area contributed by atoms with Gasteiger partial charge in [-0.25, -0.2) is 4.79 Å². The van der Waals surface area contributed by atoms with Gasteiger partial charge in [-0.05, 0) is 37.5 Å². The summed E-state index contributed by atoms with van der Waals surface area (Å²) in [6.07, 6.45) is 8.51. The van der Waals surface area contributed by atoms with E-state index in [-0.39, 0.29) is 11.6 Å². The Morgan fingerprint density at radius 2 is 1.91 bits per heavy atom. The van der Waals surface area contributed by atoms with Crippen molar-refractivity contribution < 1.29 is 14.3 Å². The Balaban J connectivity index is 2.26. The third-order valence-electron chi connectivity index (χ3n) is 5.82. The predicted molar refractivity (Wildman–Crippen MR) is 88.2 cm³/mol. The molecule has 0 radical (unpaired) electrons. The van der Waals surface area contributed by atoms with E-state index in [0.717, 1.165) is 19.3 Å². The largest absolute Gasteiger partial charge is 0.494 e. The molecule has 1 fully saturated rings. The minimum atomic E-state index is -0.359. The highest BCUT2D eigenvalue weighted by Crippen LogP contribution is 2.63. The van der Waals surface area contributed by atoms with Crippen molar-refractivity contribution in [1.29, 1.82) is 0 Å². The van der Waals surface area contributed by atoms with Gasteiger partial charge in [0.05, 0.1) is 19.4 Å². The average Bonchev–Trinajstić information content (AvgIpc) is 2.79. The second kappa shape index (κ2) is 6.89. The van der Waals surface area contributed by atoms with Crippen molar-refractivity contribution in [2.24, 2.45) is 17.8 Å². The van der Waals surface area contributed by atoms with Crippen molar-refractivity contribution in [2.45, 2.75) is 65.4 Å². The number of fused-ring (bicyclic) bond motifs is 1. The lowest BCUT2D eigenvalue weighted by Gasteiger charge is -2.46. The number of ether oxygens (including phenoxy) is 2. The first-order valence-electron chi connectivity index (χ1n) is 8.72. The summed E-state index contributed by atoms with van der Waals surface area (Å²) in [7, 11) is 1.39. The Morgan fingerprint density at radius 1 is 1.23 bits per heavy atom. The highest BCUT2D eigenvalue weighted by atomic mass is 16.5. The first kappa shape index (κ1) is 17.1. The van der Waals surface area contributed by atoms with E-state index in [4.69, 9.17) is 4.74 Å². The van der Waals surface area contributed by atoms with Crippen molar-refractivity contribution in [1.82, 2.24) is 0 Å². The van der Waals surface area contributed by atoms with E-state index < -0.39 is 0 Å². The molecular weight excluding hydrogens is 276 g/mol. The van der Waals surface area contributed by atoms with Gasteiger partial charge in [-0.3, -0.25) is 0 Å². The lowest BCUT2D eigenvalue weighted by molar-refractivity contribution is -0.135. The van der Waals surface area contributed by atoms with E-state index in [1.54, 1.807) is 17.4 Å². The molecule has 0 bridgehead atoms. The van der Waals surface area contributed by atoms with E-state index in [9.17, 15) is 4.79 Å². The molecule has 4 atom stereocenters. The number of hydrogen-bond donors (Lipinski definition) is 0. The average molecular weight is 306 g/mol. The second-order valence-corrected chi connectivity index (χ2v) is 6.50. The number of carbonyl (C=O) groups excluding carboxylic acids is 1. The van der Waals surface area contributed by atoms with Crippen molar-refractivity contribution in [3.05, 3.63) is 23.5 Å². The van der Waals surface area contributed by atoms with Gasteiger partial charge in [-0.15, -0.1) is 0 Å². The summed E-state index contributed by atoms with van der Waals surface area (Å²) in [5, 5.41) is 0. The van der Waals surface area contributed by atoms with Gasteiger partial charge in [-0.1, -0.05) is 45.3 Å². The zero-order valence-corrected chi connectivity index (χ0v) is 14.6. The maximum Gasteiger partial charge on any atom is 0.333 e. The summed E-state index contributed by atoms with van der Waals surface area (Å²) in [5.41, 5.74) is 3.15. The van der Waals surface area contributed by atoms with Gasteiger partial charge in [0, 0.05) is 5.92 Å². The topological polar surface area (TPSA) is 35.5 Å². The molecule has 0 aliphatic heterocycles. The first-order chi connectivity index (χ1) is 10.6. The molecule has 0 aromatic heterocycles. The summed E-state index contributed by atoms with van der Waals surface area (Å²) in [6, 6.07) is 0. The van der Waals surface area contributed by atoms with Crippen LogP contribution in [0.15, 0.2) is 23.5 Å². The zero-order valence-electron chi connectivity index (χ0n) is 14.6. The molecule has 3 heteroatoms. The molecule has 124 valence electrons. The van der Waals surface area contributed by atoms with Crippen molar-refractivity contribution in [3.63, 3.8) is 0 Å². The fourth-order valence-electron chi connectivity index (χ4n) is 4.80. The predicted octanol–water partition coefficient (Wildman–Crippen LogP) is 4.63. The minimum Gasteiger partial charge on any atom is -0.494 e. The van der Waals surface area contributed by atoms with Crippen LogP contribution in [0.1, 0.15) is 59.8 Å². The molecule has 1 saturated carbocycles. The van der Waals surface area contributed by atoms with Gasteiger partial charge >= 0.3 is 5.97 Å². The van der Waals surface area contributed by atoms with Crippen LogP contribution in [-0.2, 0) is 14.3 Å². The van der Waals surface area contributed by atoms with E-state index >= 15 is 0 Å². The molecule has 0 amide bonds. The quantitative estimate of drug-likeness (QED) is 0.298. The van der Waals surface area contributed by atoms with Gasteiger partial charge in [0.15, 0.2) is 0 Å². The molecule has 2 aliphatic carbocycles. The standard InChI is InChI=1S/C19H30O3/c1-6-13-12-19(9-4,22-11-10-16(20)21-5)18-15(8-3)14(7-2)17(13)18/h10-11,13,17-18H,6-9,12H2,1-5H3/b11-10-/t13-,17-,18+,19-/m1/s1. The maximum absolute atomic E-state index is 11.3. The smallest absolute Gasteiger partial charge is 0.333 e. The molecule has 0 aromatic carbocycles. The molecule has 0 N–H and O–H groups in total. The van der Waals surface area contributed by atoms with Crippen molar-refractivity contribution >= 4 is 5.97 Å². The van der Waals surface area contributed by atoms with Crippen LogP contribution < -0.4 is 0 Å². The second-order valence-electron chi connectivity index (χ2n) is 6.50. The Hall–Kier alpha value is -1.25. The van der Waals surface area contributed by atoms with Gasteiger partial charge < -0.3 is 9.47 Å². The van der Waals surface area contributed by atoms with Crippen LogP contribution >= 0.6 is 0 Å². The van der Waals surface area contributed by atoms with Crippen LogP contribution in [0.3, 0.4) is 0 Å². The third-order valence-corrected chi connectivity index (χ3v) is 5.82. The number of allylic oxidation sites excluding steroid dienone is 1. The lowest BCUT2D eigenvalue weighted by Crippen LogP contribution is -2.43. The summed E-state index contributed by atoms with van der Waals surface area (Å²) in [6.45, 7) is 9.02. The minimum absolute atomic E-state index is 0.139. The van der Waals surface area contributed by atoms with Crippen LogP contribution in [0.2, 0.25) is 0 Å². The molecule has 2 rings (SSSR count). The molecule has 0 unspecified atom stereocenters. The highest BCUT2D eigenvalue weighted by molar-refractivity contribution is 5.81. The normalized spacial score (nSPS) is 33.8. The summed E-state index contributed by atoms with van der Waals surface area (Å²) >= 11 is 0. The first-order valence-corrected chi connectivity index (χ1v) is 8.72. The molecule has 3 nitrogen and oxygen atoms in total. The molecule has 0 aromatic rings. The van der Waals surface area contributed by atoms with Gasteiger partial charge in [0.25, 0.3) is 0 Å². The van der Waals surface area contributed by atoms with Crippen LogP contribution in [-0.4, -0.2) is 18.7 Å². The fraction of sp³-hybridized carbons (Fsp3) is 0.737. The van der Waals surface area contributed by atoms with Crippen LogP contribution in [0, 0.1) is 17.8 Å². The van der Waals surface area contributed by atoms with Crippen molar-refractivity contribution in [2.75, 3.05) is 7.11 Å². The number of esters is 1. The summed E-state index contributed by atoms with van der Waals surface area (Å²) < 4.78 is 10.8. The number of carbonyl (C=O) groups is 1. The molecule has 0 heterocycles. The number of hydrogen-bond acceptors (Lipinski definition) is 3. The highest BCUT2D eigenvalue weighted by Gasteiger charge is 2.60. The molecule has 22 heavy (non-hydrogen) atoms. The van der Waals surface area contributed by atoms with E-state index in [0.29, 0.717) is 17.8 Å². The number of methoxy groups -OCH3 is 1. The summed E-state index contributed by atoms with van der Waals surface area (Å²) in [4.78, 5) is 11.3. The Morgan fingerprint density at radius 3 is 2.41 bits per heavy atom. The fourth-order valence-corrected chi connectivity index (χ4v) is 4.80. The van der Waals surface area contributed by atoms with E-state index in [1.807, 2.05) is 0 Å². The van der Waals surface area contributed by atoms with Crippen LogP contribution in [0.5, 0.6) is 0 Å². The lowest BCUT2D eigenvalue weighted by atomic mass is 9.61. The Kier molecular flexibility index (Phi) is 5.36. The van der Waals surface area contributed by atoms with Gasteiger partial charge in [0.2, 0.25) is 0 Å².